The molecular weight excluding hydrogens is 346 g/mol. The van der Waals surface area contributed by atoms with Gasteiger partial charge in [-0.2, -0.15) is 0 Å². The Bertz CT molecular complexity index is 710. The molecule has 1 aliphatic heterocycles. The van der Waals surface area contributed by atoms with Crippen molar-refractivity contribution in [1.29, 1.82) is 0 Å². The van der Waals surface area contributed by atoms with Crippen molar-refractivity contribution in [1.82, 2.24) is 9.80 Å². The third-order valence-corrected chi connectivity index (χ3v) is 5.26. The van der Waals surface area contributed by atoms with Gasteiger partial charge in [-0.25, -0.2) is 0 Å². The van der Waals surface area contributed by atoms with Crippen molar-refractivity contribution in [3.8, 4) is 0 Å². The summed E-state index contributed by atoms with van der Waals surface area (Å²) in [7, 11) is 0. The Balaban J connectivity index is 1.68. The Morgan fingerprint density at radius 1 is 1.08 bits per heavy atom. The van der Waals surface area contributed by atoms with Gasteiger partial charge in [0, 0.05) is 31.2 Å². The fourth-order valence-corrected chi connectivity index (χ4v) is 3.76. The van der Waals surface area contributed by atoms with Gasteiger partial charge in [0.25, 0.3) is 5.91 Å². The molecule has 24 heavy (non-hydrogen) atoms. The van der Waals surface area contributed by atoms with E-state index < -0.39 is 11.9 Å². The zero-order valence-electron chi connectivity index (χ0n) is 13.0. The molecule has 0 spiro atoms. The van der Waals surface area contributed by atoms with Gasteiger partial charge in [0.1, 0.15) is 6.04 Å². The number of hydrogen-bond acceptors (Lipinski definition) is 4. The van der Waals surface area contributed by atoms with E-state index in [2.05, 4.69) is 0 Å². The molecule has 2 N–H and O–H groups in total. The molecule has 0 saturated carbocycles. The zero-order valence-corrected chi connectivity index (χ0v) is 14.6. The molecule has 1 aromatic carbocycles. The average molecular weight is 364 g/mol. The van der Waals surface area contributed by atoms with E-state index in [1.807, 2.05) is 39.4 Å². The molecule has 2 amide bonds. The standard InChI is InChI=1S/C17H18ClN3O2S/c18-13-5-3-12(4-6-13)15(16(19)22)20-7-9-21(10-8-20)17(23)14-2-1-11-24-14/h1-6,11,15H,7-10H2,(H2,19,22)/t15-/m0/s1. The van der Waals surface area contributed by atoms with Gasteiger partial charge < -0.3 is 10.6 Å². The number of benzene rings is 1. The Hall–Kier alpha value is -1.89. The van der Waals surface area contributed by atoms with Crippen LogP contribution in [0, 0.1) is 0 Å². The summed E-state index contributed by atoms with van der Waals surface area (Å²) in [5.74, 6) is -0.345. The van der Waals surface area contributed by atoms with E-state index in [4.69, 9.17) is 17.3 Å². The maximum Gasteiger partial charge on any atom is 0.264 e. The van der Waals surface area contributed by atoms with Crippen LogP contribution in [0.1, 0.15) is 21.3 Å². The minimum atomic E-state index is -0.499. The maximum absolute atomic E-state index is 12.4. The predicted molar refractivity (Wildman–Crippen MR) is 95.2 cm³/mol. The maximum atomic E-state index is 12.4. The summed E-state index contributed by atoms with van der Waals surface area (Å²) < 4.78 is 0. The molecule has 3 rings (SSSR count). The van der Waals surface area contributed by atoms with Crippen molar-refractivity contribution in [3.05, 3.63) is 57.2 Å². The number of nitrogens with two attached hydrogens (primary N) is 1. The zero-order chi connectivity index (χ0) is 17.1. The van der Waals surface area contributed by atoms with Gasteiger partial charge in [-0.3, -0.25) is 14.5 Å². The van der Waals surface area contributed by atoms with E-state index in [1.165, 1.54) is 11.3 Å². The number of amides is 2. The van der Waals surface area contributed by atoms with Crippen molar-refractivity contribution in [2.75, 3.05) is 26.2 Å². The SMILES string of the molecule is NC(=O)[C@H](c1ccc(Cl)cc1)N1CCN(C(=O)c2cccs2)CC1. The minimum absolute atomic E-state index is 0.0479. The second kappa shape index (κ2) is 7.34. The lowest BCUT2D eigenvalue weighted by molar-refractivity contribution is -0.124. The van der Waals surface area contributed by atoms with Crippen molar-refractivity contribution in [2.45, 2.75) is 6.04 Å². The second-order valence-electron chi connectivity index (χ2n) is 5.66. The fraction of sp³-hybridized carbons (Fsp3) is 0.294. The Kier molecular flexibility index (Phi) is 5.18. The highest BCUT2D eigenvalue weighted by molar-refractivity contribution is 7.12. The molecule has 5 nitrogen and oxygen atoms in total. The quantitative estimate of drug-likeness (QED) is 0.906. The molecular formula is C17H18ClN3O2S. The highest BCUT2D eigenvalue weighted by Gasteiger charge is 2.30. The van der Waals surface area contributed by atoms with Crippen LogP contribution in [0.25, 0.3) is 0 Å². The molecule has 2 aromatic rings. The normalized spacial score (nSPS) is 16.8. The van der Waals surface area contributed by atoms with Crippen LogP contribution in [0.15, 0.2) is 41.8 Å². The summed E-state index contributed by atoms with van der Waals surface area (Å²) >= 11 is 7.36. The van der Waals surface area contributed by atoms with E-state index in [1.54, 1.807) is 12.1 Å². The lowest BCUT2D eigenvalue weighted by Gasteiger charge is -2.38. The number of halogens is 1. The number of thiophene rings is 1. The van der Waals surface area contributed by atoms with Crippen LogP contribution in [0.4, 0.5) is 0 Å². The molecule has 0 radical (unpaired) electrons. The summed E-state index contributed by atoms with van der Waals surface area (Å²) in [6.45, 7) is 2.36. The molecule has 0 bridgehead atoms. The molecule has 7 heteroatoms. The molecule has 1 aliphatic rings. The molecule has 1 aromatic heterocycles. The van der Waals surface area contributed by atoms with Crippen LogP contribution in [0.3, 0.4) is 0 Å². The number of primary amides is 1. The molecule has 2 heterocycles. The number of piperazine rings is 1. The lowest BCUT2D eigenvalue weighted by atomic mass is 10.0. The summed E-state index contributed by atoms with van der Waals surface area (Å²) in [6, 6.07) is 10.4. The summed E-state index contributed by atoms with van der Waals surface area (Å²) in [5, 5.41) is 2.51. The number of carbonyl (C=O) groups excluding carboxylic acids is 2. The fourth-order valence-electron chi connectivity index (χ4n) is 2.94. The number of carbonyl (C=O) groups is 2. The van der Waals surface area contributed by atoms with Gasteiger partial charge >= 0.3 is 0 Å². The first-order valence-corrected chi connectivity index (χ1v) is 8.93. The van der Waals surface area contributed by atoms with Gasteiger partial charge in [0.05, 0.1) is 4.88 Å². The van der Waals surface area contributed by atoms with Crippen LogP contribution < -0.4 is 5.73 Å². The molecule has 1 saturated heterocycles. The van der Waals surface area contributed by atoms with Gasteiger partial charge in [-0.15, -0.1) is 11.3 Å². The number of rotatable bonds is 4. The minimum Gasteiger partial charge on any atom is -0.368 e. The molecule has 0 unspecified atom stereocenters. The van der Waals surface area contributed by atoms with Gasteiger partial charge in [-0.05, 0) is 29.1 Å². The van der Waals surface area contributed by atoms with E-state index >= 15 is 0 Å². The van der Waals surface area contributed by atoms with Crippen molar-refractivity contribution in [3.63, 3.8) is 0 Å². The van der Waals surface area contributed by atoms with Gasteiger partial charge in [0.15, 0.2) is 0 Å². The van der Waals surface area contributed by atoms with Gasteiger partial charge in [-0.1, -0.05) is 29.8 Å². The van der Waals surface area contributed by atoms with Crippen LogP contribution in [0.2, 0.25) is 5.02 Å². The molecule has 1 fully saturated rings. The Morgan fingerprint density at radius 3 is 2.29 bits per heavy atom. The van der Waals surface area contributed by atoms with Gasteiger partial charge in [0.2, 0.25) is 5.91 Å². The lowest BCUT2D eigenvalue weighted by Crippen LogP contribution is -2.51. The van der Waals surface area contributed by atoms with Crippen molar-refractivity contribution >= 4 is 34.8 Å². The van der Waals surface area contributed by atoms with Crippen LogP contribution in [-0.4, -0.2) is 47.8 Å². The first-order valence-electron chi connectivity index (χ1n) is 7.68. The predicted octanol–water partition coefficient (Wildman–Crippen LogP) is 2.39. The van der Waals surface area contributed by atoms with Crippen molar-refractivity contribution in [2.24, 2.45) is 5.73 Å². The summed E-state index contributed by atoms with van der Waals surface area (Å²) in [6.07, 6.45) is 0. The third-order valence-electron chi connectivity index (χ3n) is 4.15. The largest absolute Gasteiger partial charge is 0.368 e. The topological polar surface area (TPSA) is 66.6 Å². The van der Waals surface area contributed by atoms with E-state index in [9.17, 15) is 9.59 Å². The summed E-state index contributed by atoms with van der Waals surface area (Å²) in [4.78, 5) is 28.9. The Labute approximate surface area is 149 Å². The van der Waals surface area contributed by atoms with Crippen LogP contribution >= 0.6 is 22.9 Å². The van der Waals surface area contributed by atoms with E-state index in [0.29, 0.717) is 31.2 Å². The van der Waals surface area contributed by atoms with E-state index in [-0.39, 0.29) is 5.91 Å². The van der Waals surface area contributed by atoms with Crippen molar-refractivity contribution < 1.29 is 9.59 Å². The second-order valence-corrected chi connectivity index (χ2v) is 7.05. The number of nitrogens with zero attached hydrogens (tertiary/aromatic N) is 2. The van der Waals surface area contributed by atoms with Crippen LogP contribution in [0.5, 0.6) is 0 Å². The first kappa shape index (κ1) is 17.0. The smallest absolute Gasteiger partial charge is 0.264 e. The summed E-state index contributed by atoms with van der Waals surface area (Å²) in [5.41, 5.74) is 6.44. The number of hydrogen-bond donors (Lipinski definition) is 1. The highest BCUT2D eigenvalue weighted by atomic mass is 35.5. The highest BCUT2D eigenvalue weighted by Crippen LogP contribution is 2.24. The average Bonchev–Trinajstić information content (AvgIpc) is 3.11. The molecule has 0 aliphatic carbocycles. The monoisotopic (exact) mass is 363 g/mol. The van der Waals surface area contributed by atoms with E-state index in [0.717, 1.165) is 10.4 Å². The third kappa shape index (κ3) is 3.61. The molecule has 126 valence electrons. The first-order chi connectivity index (χ1) is 11.6. The molecule has 1 atom stereocenters. The van der Waals surface area contributed by atoms with Crippen LogP contribution in [-0.2, 0) is 4.79 Å². The Morgan fingerprint density at radius 2 is 1.75 bits per heavy atom.